The molecule has 0 amide bonds. The second-order valence-corrected chi connectivity index (χ2v) is 5.71. The van der Waals surface area contributed by atoms with Crippen molar-refractivity contribution in [2.75, 3.05) is 32.7 Å². The molecule has 5 nitrogen and oxygen atoms in total. The molecule has 142 valence electrons. The largest absolute Gasteiger partial charge is 0.469 e. The fraction of sp³-hybridized carbons (Fsp3) is 0.562. The number of nitrogens with one attached hydrogen (secondary N) is 2. The highest BCUT2D eigenvalue weighted by Crippen LogP contribution is 2.19. The van der Waals surface area contributed by atoms with Crippen molar-refractivity contribution in [3.63, 3.8) is 0 Å². The Morgan fingerprint density at radius 3 is 2.92 bits per heavy atom. The van der Waals surface area contributed by atoms with E-state index in [1.807, 2.05) is 12.1 Å². The summed E-state index contributed by atoms with van der Waals surface area (Å²) in [5.74, 6) is 1.43. The molecule has 1 atom stereocenters. The summed E-state index contributed by atoms with van der Waals surface area (Å²) in [6, 6.07) is 3.65. The van der Waals surface area contributed by atoms with Crippen LogP contribution in [-0.2, 0) is 6.42 Å². The molecular formula is C16H24F3IN4O. The third-order valence-corrected chi connectivity index (χ3v) is 3.64. The van der Waals surface area contributed by atoms with E-state index in [0.717, 1.165) is 5.76 Å². The van der Waals surface area contributed by atoms with Crippen LogP contribution in [0.4, 0.5) is 13.2 Å². The molecule has 0 aromatic carbocycles. The van der Waals surface area contributed by atoms with Gasteiger partial charge in [-0.3, -0.25) is 9.89 Å². The summed E-state index contributed by atoms with van der Waals surface area (Å²) in [5.41, 5.74) is 0. The van der Waals surface area contributed by atoms with Crippen LogP contribution in [0.15, 0.2) is 40.5 Å². The van der Waals surface area contributed by atoms with Gasteiger partial charge in [0.2, 0.25) is 0 Å². The predicted molar refractivity (Wildman–Crippen MR) is 102 cm³/mol. The second-order valence-electron chi connectivity index (χ2n) is 5.71. The van der Waals surface area contributed by atoms with Crippen molar-refractivity contribution in [3.8, 4) is 0 Å². The molecule has 9 heteroatoms. The van der Waals surface area contributed by atoms with Gasteiger partial charge in [-0.1, -0.05) is 6.08 Å². The summed E-state index contributed by atoms with van der Waals surface area (Å²) >= 11 is 0. The van der Waals surface area contributed by atoms with Crippen LogP contribution < -0.4 is 10.6 Å². The van der Waals surface area contributed by atoms with Crippen LogP contribution in [0.25, 0.3) is 0 Å². The van der Waals surface area contributed by atoms with Crippen LogP contribution in [0.3, 0.4) is 0 Å². The number of aliphatic imine (C=N–C) groups is 1. The zero-order chi connectivity index (χ0) is 17.4. The quantitative estimate of drug-likeness (QED) is 0.278. The van der Waals surface area contributed by atoms with Crippen LogP contribution >= 0.6 is 24.0 Å². The summed E-state index contributed by atoms with van der Waals surface area (Å²) in [6.45, 7) is 4.62. The number of guanidine groups is 1. The molecule has 0 spiro atoms. The molecule has 1 fully saturated rings. The van der Waals surface area contributed by atoms with Crippen LogP contribution in [0.1, 0.15) is 12.2 Å². The molecule has 0 saturated carbocycles. The summed E-state index contributed by atoms with van der Waals surface area (Å²) in [7, 11) is 0. The van der Waals surface area contributed by atoms with Gasteiger partial charge in [0.15, 0.2) is 5.96 Å². The summed E-state index contributed by atoms with van der Waals surface area (Å²) < 4.78 is 42.6. The van der Waals surface area contributed by atoms with E-state index in [-0.39, 0.29) is 30.0 Å². The first-order chi connectivity index (χ1) is 11.5. The zero-order valence-electron chi connectivity index (χ0n) is 13.9. The minimum absolute atomic E-state index is 0. The molecule has 1 aromatic rings. The average Bonchev–Trinajstić information content (AvgIpc) is 3.15. The van der Waals surface area contributed by atoms with Crippen molar-refractivity contribution in [2.45, 2.75) is 25.1 Å². The van der Waals surface area contributed by atoms with Crippen molar-refractivity contribution in [3.05, 3.63) is 36.8 Å². The highest BCUT2D eigenvalue weighted by molar-refractivity contribution is 14.0. The average molecular weight is 472 g/mol. The van der Waals surface area contributed by atoms with Crippen molar-refractivity contribution in [2.24, 2.45) is 4.99 Å². The maximum atomic E-state index is 12.4. The molecule has 0 radical (unpaired) electrons. The Kier molecular flexibility index (Phi) is 9.33. The van der Waals surface area contributed by atoms with Crippen molar-refractivity contribution < 1.29 is 17.6 Å². The van der Waals surface area contributed by atoms with Gasteiger partial charge in [-0.15, -0.1) is 30.6 Å². The third-order valence-electron chi connectivity index (χ3n) is 3.64. The smallest absolute Gasteiger partial charge is 0.401 e. The SMILES string of the molecule is C=CCNC(=NCCc1ccco1)NC1CCN(CC(F)(F)F)C1.I. The molecule has 1 saturated heterocycles. The molecule has 1 aromatic heterocycles. The van der Waals surface area contributed by atoms with E-state index in [0.29, 0.717) is 45.0 Å². The Bertz CT molecular complexity index is 534. The lowest BCUT2D eigenvalue weighted by molar-refractivity contribution is -0.143. The molecule has 2 heterocycles. The van der Waals surface area contributed by atoms with Crippen molar-refractivity contribution in [1.82, 2.24) is 15.5 Å². The molecule has 1 aliphatic rings. The van der Waals surface area contributed by atoms with Crippen molar-refractivity contribution >= 4 is 29.9 Å². The molecule has 2 N–H and O–H groups in total. The molecule has 2 rings (SSSR count). The highest BCUT2D eigenvalue weighted by atomic mass is 127. The second kappa shape index (κ2) is 10.7. The van der Waals surface area contributed by atoms with Gasteiger partial charge in [-0.2, -0.15) is 13.2 Å². The van der Waals surface area contributed by atoms with E-state index in [4.69, 9.17) is 4.42 Å². The molecule has 0 bridgehead atoms. The Morgan fingerprint density at radius 2 is 2.28 bits per heavy atom. The summed E-state index contributed by atoms with van der Waals surface area (Å²) in [4.78, 5) is 5.85. The van der Waals surface area contributed by atoms with Gasteiger partial charge in [-0.25, -0.2) is 0 Å². The van der Waals surface area contributed by atoms with Crippen LogP contribution in [0.2, 0.25) is 0 Å². The van der Waals surface area contributed by atoms with E-state index in [9.17, 15) is 13.2 Å². The Hall–Kier alpha value is -1.23. The summed E-state index contributed by atoms with van der Waals surface area (Å²) in [6.07, 6.45) is 0.480. The lowest BCUT2D eigenvalue weighted by atomic mass is 10.3. The van der Waals surface area contributed by atoms with Crippen LogP contribution in [-0.4, -0.2) is 55.8 Å². The van der Waals surface area contributed by atoms with E-state index >= 15 is 0 Å². The van der Waals surface area contributed by atoms with Crippen LogP contribution in [0.5, 0.6) is 0 Å². The number of hydrogen-bond acceptors (Lipinski definition) is 3. The Labute approximate surface area is 162 Å². The number of furan rings is 1. The van der Waals surface area contributed by atoms with Crippen LogP contribution in [0, 0.1) is 0 Å². The Morgan fingerprint density at radius 1 is 1.48 bits per heavy atom. The first-order valence-corrected chi connectivity index (χ1v) is 7.93. The summed E-state index contributed by atoms with van der Waals surface area (Å²) in [5, 5.41) is 6.29. The van der Waals surface area contributed by atoms with Gasteiger partial charge in [-0.05, 0) is 18.6 Å². The molecule has 1 unspecified atom stereocenters. The number of likely N-dealkylation sites (tertiary alicyclic amines) is 1. The van der Waals surface area contributed by atoms with Gasteiger partial charge in [0.25, 0.3) is 0 Å². The minimum Gasteiger partial charge on any atom is -0.469 e. The zero-order valence-corrected chi connectivity index (χ0v) is 16.2. The predicted octanol–water partition coefficient (Wildman–Crippen LogP) is 2.80. The maximum absolute atomic E-state index is 12.4. The van der Waals surface area contributed by atoms with Gasteiger partial charge < -0.3 is 15.1 Å². The fourth-order valence-corrected chi connectivity index (χ4v) is 2.60. The number of hydrogen-bond donors (Lipinski definition) is 2. The maximum Gasteiger partial charge on any atom is 0.401 e. The highest BCUT2D eigenvalue weighted by Gasteiger charge is 2.34. The number of alkyl halides is 3. The van der Waals surface area contributed by atoms with Crippen molar-refractivity contribution in [1.29, 1.82) is 0 Å². The van der Waals surface area contributed by atoms with Gasteiger partial charge in [0.05, 0.1) is 12.8 Å². The Balaban J connectivity index is 0.00000312. The molecule has 25 heavy (non-hydrogen) atoms. The third kappa shape index (κ3) is 8.61. The lowest BCUT2D eigenvalue weighted by Crippen LogP contribution is -2.45. The van der Waals surface area contributed by atoms with Gasteiger partial charge >= 0.3 is 6.18 Å². The molecule has 1 aliphatic heterocycles. The van der Waals surface area contributed by atoms with Gasteiger partial charge in [0.1, 0.15) is 5.76 Å². The van der Waals surface area contributed by atoms with E-state index in [1.165, 1.54) is 4.90 Å². The topological polar surface area (TPSA) is 52.8 Å². The first-order valence-electron chi connectivity index (χ1n) is 7.93. The number of rotatable bonds is 7. The fourth-order valence-electron chi connectivity index (χ4n) is 2.60. The van der Waals surface area contributed by atoms with E-state index in [2.05, 4.69) is 22.2 Å². The number of halogens is 4. The lowest BCUT2D eigenvalue weighted by Gasteiger charge is -2.19. The minimum atomic E-state index is -4.16. The first kappa shape index (κ1) is 21.8. The molecule has 0 aliphatic carbocycles. The number of nitrogens with zero attached hydrogens (tertiary/aromatic N) is 2. The van der Waals surface area contributed by atoms with E-state index in [1.54, 1.807) is 12.3 Å². The normalized spacial score (nSPS) is 18.7. The molecular weight excluding hydrogens is 448 g/mol. The standard InChI is InChI=1S/C16H23F3N4O.HI/c1-2-7-20-15(21-8-5-14-4-3-10-24-14)22-13-6-9-23(11-13)12-16(17,18)19;/h2-4,10,13H,1,5-9,11-12H2,(H2,20,21,22);1H. The van der Waals surface area contributed by atoms with Gasteiger partial charge in [0, 0.05) is 38.6 Å². The van der Waals surface area contributed by atoms with E-state index < -0.39 is 12.7 Å². The monoisotopic (exact) mass is 472 g/mol.